The molecule has 110 valence electrons. The Bertz CT molecular complexity index is 625. The Labute approximate surface area is 119 Å². The number of nitrogens with zero attached hydrogens (tertiary/aromatic N) is 1. The van der Waals surface area contributed by atoms with Crippen LogP contribution in [-0.4, -0.2) is 51.2 Å². The average molecular weight is 296 g/mol. The van der Waals surface area contributed by atoms with Gasteiger partial charge in [-0.1, -0.05) is 6.07 Å². The van der Waals surface area contributed by atoms with Gasteiger partial charge < -0.3 is 10.2 Å². The van der Waals surface area contributed by atoms with E-state index in [9.17, 15) is 13.2 Å². The first-order valence-corrected chi connectivity index (χ1v) is 8.51. The van der Waals surface area contributed by atoms with E-state index >= 15 is 0 Å². The summed E-state index contributed by atoms with van der Waals surface area (Å²) in [6.07, 6.45) is 1.15. The summed E-state index contributed by atoms with van der Waals surface area (Å²) in [5.41, 5.74) is 1.27. The molecule has 0 saturated carbocycles. The number of aryl methyl sites for hydroxylation is 1. The molecule has 2 rings (SSSR count). The van der Waals surface area contributed by atoms with Crippen LogP contribution in [0, 0.1) is 6.92 Å². The minimum atomic E-state index is -3.30. The molecular weight excluding hydrogens is 276 g/mol. The number of carbonyl (C=O) groups is 1. The highest BCUT2D eigenvalue weighted by Crippen LogP contribution is 2.18. The zero-order valence-corrected chi connectivity index (χ0v) is 12.8. The summed E-state index contributed by atoms with van der Waals surface area (Å²) in [5, 5.41) is 3.28. The number of sulfone groups is 1. The van der Waals surface area contributed by atoms with Crippen LogP contribution in [0.25, 0.3) is 0 Å². The molecule has 1 aromatic rings. The van der Waals surface area contributed by atoms with Crippen LogP contribution in [0.4, 0.5) is 0 Å². The molecule has 6 heteroatoms. The van der Waals surface area contributed by atoms with Crippen LogP contribution in [0.1, 0.15) is 22.8 Å². The van der Waals surface area contributed by atoms with Crippen LogP contribution >= 0.6 is 0 Å². The summed E-state index contributed by atoms with van der Waals surface area (Å²) in [6, 6.07) is 4.97. The van der Waals surface area contributed by atoms with Gasteiger partial charge in [0.25, 0.3) is 5.91 Å². The van der Waals surface area contributed by atoms with Crippen molar-refractivity contribution < 1.29 is 13.2 Å². The molecule has 1 aromatic carbocycles. The molecule has 1 aliphatic heterocycles. The molecule has 0 aliphatic carbocycles. The summed E-state index contributed by atoms with van der Waals surface area (Å²) in [4.78, 5) is 14.5. The van der Waals surface area contributed by atoms with Crippen LogP contribution in [0.2, 0.25) is 0 Å². The van der Waals surface area contributed by atoms with Crippen LogP contribution < -0.4 is 5.32 Å². The number of carbonyl (C=O) groups excluding carboxylic acids is 1. The molecule has 1 heterocycles. The Morgan fingerprint density at radius 3 is 2.70 bits per heavy atom. The fourth-order valence-electron chi connectivity index (χ4n) is 2.35. The van der Waals surface area contributed by atoms with Crippen molar-refractivity contribution in [1.29, 1.82) is 0 Å². The van der Waals surface area contributed by atoms with E-state index in [1.54, 1.807) is 17.0 Å². The van der Waals surface area contributed by atoms with E-state index in [2.05, 4.69) is 5.32 Å². The fourth-order valence-corrected chi connectivity index (χ4v) is 3.00. The number of benzene rings is 1. The first kappa shape index (κ1) is 15.0. The van der Waals surface area contributed by atoms with Crippen LogP contribution in [0.3, 0.4) is 0 Å². The van der Waals surface area contributed by atoms with Crippen molar-refractivity contribution >= 4 is 15.7 Å². The van der Waals surface area contributed by atoms with Gasteiger partial charge in [0.2, 0.25) is 0 Å². The lowest BCUT2D eigenvalue weighted by Gasteiger charge is -2.32. The van der Waals surface area contributed by atoms with Crippen molar-refractivity contribution in [2.75, 3.05) is 25.9 Å². The molecule has 0 aromatic heterocycles. The third-order valence-corrected chi connectivity index (χ3v) is 4.63. The predicted molar refractivity (Wildman–Crippen MR) is 77.7 cm³/mol. The molecule has 1 fully saturated rings. The van der Waals surface area contributed by atoms with Gasteiger partial charge in [0.05, 0.1) is 4.90 Å². The molecule has 5 nitrogen and oxygen atoms in total. The molecule has 0 radical (unpaired) electrons. The highest BCUT2D eigenvalue weighted by Gasteiger charge is 2.23. The lowest BCUT2D eigenvalue weighted by molar-refractivity contribution is 0.0708. The number of nitrogens with one attached hydrogen (secondary N) is 1. The topological polar surface area (TPSA) is 66.5 Å². The van der Waals surface area contributed by atoms with Gasteiger partial charge >= 0.3 is 0 Å². The Morgan fingerprint density at radius 2 is 2.10 bits per heavy atom. The molecule has 1 N–H and O–H groups in total. The Morgan fingerprint density at radius 1 is 1.40 bits per heavy atom. The van der Waals surface area contributed by atoms with E-state index in [0.717, 1.165) is 18.4 Å². The van der Waals surface area contributed by atoms with Crippen molar-refractivity contribution in [3.05, 3.63) is 29.3 Å². The maximum absolute atomic E-state index is 12.5. The summed E-state index contributed by atoms with van der Waals surface area (Å²) in [6.45, 7) is 5.90. The van der Waals surface area contributed by atoms with Crippen molar-refractivity contribution in [3.63, 3.8) is 0 Å². The fraction of sp³-hybridized carbons (Fsp3) is 0.500. The second-order valence-electron chi connectivity index (χ2n) is 5.36. The monoisotopic (exact) mass is 296 g/mol. The summed E-state index contributed by atoms with van der Waals surface area (Å²) >= 11 is 0. The van der Waals surface area contributed by atoms with Gasteiger partial charge in [-0.25, -0.2) is 8.42 Å². The summed E-state index contributed by atoms with van der Waals surface area (Å²) in [7, 11) is -3.30. The Kier molecular flexibility index (Phi) is 4.15. The first-order chi connectivity index (χ1) is 9.29. The first-order valence-electron chi connectivity index (χ1n) is 6.62. The lowest BCUT2D eigenvalue weighted by Crippen LogP contribution is -2.51. The lowest BCUT2D eigenvalue weighted by atomic mass is 10.1. The number of piperazine rings is 1. The van der Waals surface area contributed by atoms with Gasteiger partial charge in [-0.15, -0.1) is 0 Å². The summed E-state index contributed by atoms with van der Waals surface area (Å²) < 4.78 is 23.2. The van der Waals surface area contributed by atoms with Crippen LogP contribution in [-0.2, 0) is 9.84 Å². The van der Waals surface area contributed by atoms with Crippen molar-refractivity contribution in [1.82, 2.24) is 10.2 Å². The van der Waals surface area contributed by atoms with Crippen LogP contribution in [0.15, 0.2) is 23.1 Å². The van der Waals surface area contributed by atoms with Gasteiger partial charge in [-0.05, 0) is 31.5 Å². The smallest absolute Gasteiger partial charge is 0.254 e. The second-order valence-corrected chi connectivity index (χ2v) is 7.37. The van der Waals surface area contributed by atoms with E-state index in [1.165, 1.54) is 6.07 Å². The molecular formula is C14H20N2O3S. The molecule has 1 aliphatic rings. The maximum atomic E-state index is 12.5. The molecule has 0 unspecified atom stereocenters. The van der Waals surface area contributed by atoms with E-state index in [4.69, 9.17) is 0 Å². The molecule has 0 bridgehead atoms. The van der Waals surface area contributed by atoms with E-state index in [0.29, 0.717) is 18.7 Å². The minimum Gasteiger partial charge on any atom is -0.336 e. The normalized spacial score (nSPS) is 19.9. The largest absolute Gasteiger partial charge is 0.336 e. The molecule has 1 saturated heterocycles. The van der Waals surface area contributed by atoms with Crippen molar-refractivity contribution in [3.8, 4) is 0 Å². The van der Waals surface area contributed by atoms with Gasteiger partial charge in [0.15, 0.2) is 9.84 Å². The summed E-state index contributed by atoms with van der Waals surface area (Å²) in [5.74, 6) is -0.0960. The number of amides is 1. The Hall–Kier alpha value is -1.40. The van der Waals surface area contributed by atoms with Crippen LogP contribution in [0.5, 0.6) is 0 Å². The average Bonchev–Trinajstić information content (AvgIpc) is 2.37. The SMILES string of the molecule is Cc1ccc(S(C)(=O)=O)cc1C(=O)N1CCN[C@@H](C)C1. The molecule has 0 spiro atoms. The quantitative estimate of drug-likeness (QED) is 0.878. The third kappa shape index (κ3) is 3.19. The van der Waals surface area contributed by atoms with Gasteiger partial charge in [0.1, 0.15) is 0 Å². The van der Waals surface area contributed by atoms with Gasteiger partial charge in [-0.3, -0.25) is 4.79 Å². The number of rotatable bonds is 2. The number of hydrogen-bond donors (Lipinski definition) is 1. The zero-order chi connectivity index (χ0) is 14.9. The highest BCUT2D eigenvalue weighted by molar-refractivity contribution is 7.90. The van der Waals surface area contributed by atoms with Crippen molar-refractivity contribution in [2.45, 2.75) is 24.8 Å². The standard InChI is InChI=1S/C14H20N2O3S/c1-10-4-5-12(20(3,18)19)8-13(10)14(17)16-7-6-15-11(2)9-16/h4-5,8,11,15H,6-7,9H2,1-3H3/t11-/m0/s1. The number of hydrogen-bond acceptors (Lipinski definition) is 4. The molecule has 1 amide bonds. The third-order valence-electron chi connectivity index (χ3n) is 3.52. The van der Waals surface area contributed by atoms with E-state index < -0.39 is 9.84 Å². The molecule has 1 atom stereocenters. The molecule has 20 heavy (non-hydrogen) atoms. The predicted octanol–water partition coefficient (Wildman–Crippen LogP) is 0.832. The Balaban J connectivity index is 2.34. The zero-order valence-electron chi connectivity index (χ0n) is 12.0. The van der Waals surface area contributed by atoms with Gasteiger partial charge in [-0.2, -0.15) is 0 Å². The second kappa shape index (κ2) is 5.54. The highest BCUT2D eigenvalue weighted by atomic mass is 32.2. The van der Waals surface area contributed by atoms with E-state index in [1.807, 2.05) is 13.8 Å². The minimum absolute atomic E-state index is 0.0960. The van der Waals surface area contributed by atoms with Crippen molar-refractivity contribution in [2.24, 2.45) is 0 Å². The maximum Gasteiger partial charge on any atom is 0.254 e. The van der Waals surface area contributed by atoms with E-state index in [-0.39, 0.29) is 16.8 Å². The van der Waals surface area contributed by atoms with Gasteiger partial charge in [0, 0.05) is 37.5 Å².